The molecule has 1 atom stereocenters. The van der Waals surface area contributed by atoms with E-state index >= 15 is 0 Å². The largest absolute Gasteiger partial charge is 0.479 e. The lowest BCUT2D eigenvalue weighted by Crippen LogP contribution is -2.52. The first-order chi connectivity index (χ1) is 12.9. The molecule has 0 amide bonds. The first-order valence-corrected chi connectivity index (χ1v) is 10.7. The van der Waals surface area contributed by atoms with Crippen molar-refractivity contribution in [2.45, 2.75) is 32.4 Å². The fraction of sp³-hybridized carbons (Fsp3) is 0.611. The molecule has 2 aliphatic heterocycles. The van der Waals surface area contributed by atoms with Crippen molar-refractivity contribution < 1.29 is 23.1 Å². The first kappa shape index (κ1) is 20.1. The summed E-state index contributed by atoms with van der Waals surface area (Å²) in [5.74, 6) is -0.454. The molecule has 1 N–H and O–H groups in total. The Morgan fingerprint density at radius 3 is 2.30 bits per heavy atom. The molecular weight excluding hydrogens is 370 g/mol. The van der Waals surface area contributed by atoms with Gasteiger partial charge in [0.15, 0.2) is 6.10 Å². The second-order valence-corrected chi connectivity index (χ2v) is 8.92. The molecule has 1 unspecified atom stereocenters. The van der Waals surface area contributed by atoms with E-state index < -0.39 is 22.3 Å². The summed E-state index contributed by atoms with van der Waals surface area (Å²) >= 11 is 0. The van der Waals surface area contributed by atoms with Crippen LogP contribution >= 0.6 is 0 Å². The fourth-order valence-electron chi connectivity index (χ4n) is 3.43. The molecule has 1 aromatic carbocycles. The average molecular weight is 397 g/mol. The molecule has 3 rings (SSSR count). The quantitative estimate of drug-likeness (QED) is 0.738. The summed E-state index contributed by atoms with van der Waals surface area (Å²) in [5.41, 5.74) is 0.904. The molecule has 2 saturated heterocycles. The van der Waals surface area contributed by atoms with Crippen LogP contribution < -0.4 is 4.74 Å². The van der Waals surface area contributed by atoms with Crippen LogP contribution in [0.25, 0.3) is 0 Å². The maximum absolute atomic E-state index is 12.6. The van der Waals surface area contributed by atoms with Gasteiger partial charge in [-0.3, -0.25) is 4.90 Å². The normalized spacial score (nSPS) is 21.2. The number of piperazine rings is 1. The molecule has 2 aliphatic rings. The highest BCUT2D eigenvalue weighted by Crippen LogP contribution is 2.23. The van der Waals surface area contributed by atoms with Crippen molar-refractivity contribution in [1.29, 1.82) is 0 Å². The predicted molar refractivity (Wildman–Crippen MR) is 101 cm³/mol. The van der Waals surface area contributed by atoms with Gasteiger partial charge in [0.1, 0.15) is 5.75 Å². The van der Waals surface area contributed by atoms with Gasteiger partial charge in [-0.05, 0) is 25.8 Å². The molecule has 2 fully saturated rings. The number of carboxylic acids is 1. The third-order valence-corrected chi connectivity index (χ3v) is 7.10. The maximum Gasteiger partial charge on any atom is 0.344 e. The molecule has 27 heavy (non-hydrogen) atoms. The zero-order chi connectivity index (χ0) is 19.4. The number of carboxylic acid groups (broad SMARTS) is 1. The molecule has 1 aromatic rings. The number of aliphatic carboxylic acids is 1. The zero-order valence-electron chi connectivity index (χ0n) is 15.6. The lowest BCUT2D eigenvalue weighted by Gasteiger charge is -2.36. The third-order valence-electron chi connectivity index (χ3n) is 5.07. The van der Waals surface area contributed by atoms with Crippen molar-refractivity contribution in [3.05, 3.63) is 29.8 Å². The smallest absolute Gasteiger partial charge is 0.344 e. The monoisotopic (exact) mass is 397 g/mol. The number of nitrogens with zero attached hydrogens (tertiary/aromatic N) is 3. The van der Waals surface area contributed by atoms with E-state index in [1.807, 2.05) is 18.2 Å². The lowest BCUT2D eigenvalue weighted by molar-refractivity contribution is -0.144. The topological polar surface area (TPSA) is 90.4 Å². The Kier molecular flexibility index (Phi) is 6.36. The van der Waals surface area contributed by atoms with Crippen LogP contribution in [-0.2, 0) is 21.5 Å². The van der Waals surface area contributed by atoms with Gasteiger partial charge in [-0.25, -0.2) is 4.79 Å². The van der Waals surface area contributed by atoms with Crippen LogP contribution in [0.2, 0.25) is 0 Å². The number of hydrogen-bond acceptors (Lipinski definition) is 5. The summed E-state index contributed by atoms with van der Waals surface area (Å²) in [7, 11) is -3.34. The highest BCUT2D eigenvalue weighted by atomic mass is 32.2. The second-order valence-electron chi connectivity index (χ2n) is 7.00. The van der Waals surface area contributed by atoms with E-state index in [4.69, 9.17) is 9.84 Å². The van der Waals surface area contributed by atoms with E-state index in [0.29, 0.717) is 51.6 Å². The van der Waals surface area contributed by atoms with Crippen molar-refractivity contribution >= 4 is 16.2 Å². The highest BCUT2D eigenvalue weighted by Gasteiger charge is 2.33. The van der Waals surface area contributed by atoms with Gasteiger partial charge in [-0.1, -0.05) is 18.2 Å². The Morgan fingerprint density at radius 2 is 1.67 bits per heavy atom. The summed E-state index contributed by atoms with van der Waals surface area (Å²) in [6.07, 6.45) is 0.948. The van der Waals surface area contributed by atoms with E-state index in [9.17, 15) is 13.2 Å². The molecular formula is C18H27N3O5S. The molecule has 2 heterocycles. The Hall–Kier alpha value is -1.68. The summed E-state index contributed by atoms with van der Waals surface area (Å²) < 4.78 is 34.0. The SMILES string of the molecule is CC(Oc1ccccc1CN1CCN(S(=O)(=O)N2CCCC2)CC1)C(=O)O. The summed E-state index contributed by atoms with van der Waals surface area (Å²) in [6, 6.07) is 7.38. The van der Waals surface area contributed by atoms with Crippen LogP contribution in [-0.4, -0.2) is 78.4 Å². The van der Waals surface area contributed by atoms with Crippen LogP contribution in [0.15, 0.2) is 24.3 Å². The zero-order valence-corrected chi connectivity index (χ0v) is 16.4. The summed E-state index contributed by atoms with van der Waals surface area (Å²) in [6.45, 7) is 5.54. The van der Waals surface area contributed by atoms with Crippen molar-refractivity contribution in [2.75, 3.05) is 39.3 Å². The molecule has 0 aliphatic carbocycles. The van der Waals surface area contributed by atoms with Gasteiger partial charge in [-0.2, -0.15) is 17.0 Å². The van der Waals surface area contributed by atoms with Gasteiger partial charge in [0.2, 0.25) is 0 Å². The average Bonchev–Trinajstić information content (AvgIpc) is 3.19. The van der Waals surface area contributed by atoms with Gasteiger partial charge >= 0.3 is 5.97 Å². The molecule has 0 saturated carbocycles. The number of carbonyl (C=O) groups is 1. The van der Waals surface area contributed by atoms with Gasteiger partial charge in [0, 0.05) is 51.4 Å². The van der Waals surface area contributed by atoms with E-state index in [1.54, 1.807) is 14.7 Å². The first-order valence-electron chi connectivity index (χ1n) is 9.33. The highest BCUT2D eigenvalue weighted by molar-refractivity contribution is 7.86. The van der Waals surface area contributed by atoms with E-state index in [0.717, 1.165) is 18.4 Å². The second kappa shape index (κ2) is 8.55. The number of hydrogen-bond donors (Lipinski definition) is 1. The minimum atomic E-state index is -3.34. The Morgan fingerprint density at radius 1 is 1.07 bits per heavy atom. The standard InChI is InChI=1S/C18H27N3O5S/c1-15(18(22)23)26-17-7-3-2-6-16(17)14-19-10-12-21(13-11-19)27(24,25)20-8-4-5-9-20/h2-3,6-7,15H,4-5,8-14H2,1H3,(H,22,23). The van der Waals surface area contributed by atoms with Crippen LogP contribution in [0.5, 0.6) is 5.75 Å². The Balaban J connectivity index is 1.59. The van der Waals surface area contributed by atoms with E-state index in [1.165, 1.54) is 6.92 Å². The van der Waals surface area contributed by atoms with Crippen LogP contribution in [0.4, 0.5) is 0 Å². The van der Waals surface area contributed by atoms with Gasteiger partial charge in [0.05, 0.1) is 0 Å². The van der Waals surface area contributed by atoms with Crippen molar-refractivity contribution in [3.63, 3.8) is 0 Å². The molecule has 9 heteroatoms. The minimum absolute atomic E-state index is 0.466. The Bertz CT molecular complexity index is 756. The third kappa shape index (κ3) is 4.78. The lowest BCUT2D eigenvalue weighted by atomic mass is 10.1. The molecule has 0 aromatic heterocycles. The molecule has 0 bridgehead atoms. The maximum atomic E-state index is 12.6. The molecule has 0 radical (unpaired) electrons. The number of ether oxygens (including phenoxy) is 1. The van der Waals surface area contributed by atoms with Gasteiger partial charge in [0.25, 0.3) is 10.2 Å². The van der Waals surface area contributed by atoms with Crippen LogP contribution in [0, 0.1) is 0 Å². The van der Waals surface area contributed by atoms with Crippen molar-refractivity contribution in [3.8, 4) is 5.75 Å². The molecule has 150 valence electrons. The molecule has 8 nitrogen and oxygen atoms in total. The predicted octanol–water partition coefficient (Wildman–Crippen LogP) is 0.997. The number of benzene rings is 1. The van der Waals surface area contributed by atoms with Crippen LogP contribution in [0.1, 0.15) is 25.3 Å². The van der Waals surface area contributed by atoms with E-state index in [2.05, 4.69) is 4.90 Å². The molecule has 0 spiro atoms. The van der Waals surface area contributed by atoms with Crippen molar-refractivity contribution in [1.82, 2.24) is 13.5 Å². The fourth-order valence-corrected chi connectivity index (χ4v) is 5.10. The van der Waals surface area contributed by atoms with E-state index in [-0.39, 0.29) is 0 Å². The Labute approximate surface area is 160 Å². The van der Waals surface area contributed by atoms with Gasteiger partial charge in [-0.15, -0.1) is 0 Å². The van der Waals surface area contributed by atoms with Crippen molar-refractivity contribution in [2.24, 2.45) is 0 Å². The minimum Gasteiger partial charge on any atom is -0.479 e. The summed E-state index contributed by atoms with van der Waals surface area (Å²) in [5, 5.41) is 9.05. The number of para-hydroxylation sites is 1. The summed E-state index contributed by atoms with van der Waals surface area (Å²) in [4.78, 5) is 13.2. The number of rotatable bonds is 7. The van der Waals surface area contributed by atoms with Crippen LogP contribution in [0.3, 0.4) is 0 Å². The van der Waals surface area contributed by atoms with Gasteiger partial charge < -0.3 is 9.84 Å².